The predicted molar refractivity (Wildman–Crippen MR) is 80.9 cm³/mol. The molecule has 21 heavy (non-hydrogen) atoms. The van der Waals surface area contributed by atoms with Crippen LogP contribution in [-0.2, 0) is 9.59 Å². The third-order valence-electron chi connectivity index (χ3n) is 3.75. The van der Waals surface area contributed by atoms with E-state index in [2.05, 4.69) is 10.3 Å². The zero-order valence-electron chi connectivity index (χ0n) is 11.9. The molecule has 1 aromatic heterocycles. The van der Waals surface area contributed by atoms with Crippen molar-refractivity contribution in [1.29, 1.82) is 0 Å². The average molecular weight is 283 g/mol. The zero-order valence-corrected chi connectivity index (χ0v) is 11.9. The number of carbonyl (C=O) groups excluding carboxylic acids is 2. The molecule has 108 valence electrons. The molecule has 1 N–H and O–H groups in total. The number of benzene rings is 1. The van der Waals surface area contributed by atoms with E-state index >= 15 is 0 Å². The Morgan fingerprint density at radius 3 is 3.00 bits per heavy atom. The quantitative estimate of drug-likeness (QED) is 0.938. The number of fused-ring (bicyclic) bond motifs is 1. The number of hydrogen-bond donors (Lipinski definition) is 1. The first-order valence-corrected chi connectivity index (χ1v) is 7.07. The minimum Gasteiger partial charge on any atom is -0.333 e. The largest absolute Gasteiger partial charge is 0.333 e. The van der Waals surface area contributed by atoms with E-state index in [4.69, 9.17) is 0 Å². The highest BCUT2D eigenvalue weighted by atomic mass is 16.2. The van der Waals surface area contributed by atoms with Gasteiger partial charge in [0.05, 0.1) is 17.7 Å². The highest BCUT2D eigenvalue weighted by molar-refractivity contribution is 6.03. The van der Waals surface area contributed by atoms with Crippen LogP contribution in [-0.4, -0.2) is 34.8 Å². The number of nitrogens with one attached hydrogen (secondary N) is 1. The molecule has 0 aliphatic carbocycles. The van der Waals surface area contributed by atoms with Gasteiger partial charge in [0.1, 0.15) is 0 Å². The minimum atomic E-state index is -0.167. The van der Waals surface area contributed by atoms with Crippen LogP contribution >= 0.6 is 0 Å². The molecule has 1 aliphatic rings. The number of anilines is 1. The molecule has 2 aromatic rings. The number of rotatable bonds is 3. The van der Waals surface area contributed by atoms with Crippen LogP contribution in [0.3, 0.4) is 0 Å². The normalized spacial score (nSPS) is 14.7. The summed E-state index contributed by atoms with van der Waals surface area (Å²) < 4.78 is 0. The second-order valence-electron chi connectivity index (χ2n) is 5.30. The summed E-state index contributed by atoms with van der Waals surface area (Å²) in [7, 11) is 0. The van der Waals surface area contributed by atoms with E-state index in [0.29, 0.717) is 13.0 Å². The van der Waals surface area contributed by atoms with Crippen molar-refractivity contribution in [2.75, 3.05) is 18.4 Å². The summed E-state index contributed by atoms with van der Waals surface area (Å²) in [6.45, 7) is 2.78. The molecule has 2 heterocycles. The van der Waals surface area contributed by atoms with Crippen LogP contribution < -0.4 is 5.32 Å². The Morgan fingerprint density at radius 1 is 1.38 bits per heavy atom. The molecular formula is C16H17N3O2. The molecule has 5 heteroatoms. The Hall–Kier alpha value is -2.43. The number of pyridine rings is 1. The van der Waals surface area contributed by atoms with E-state index in [1.165, 1.54) is 0 Å². The topological polar surface area (TPSA) is 62.3 Å². The van der Waals surface area contributed by atoms with Crippen LogP contribution in [0.4, 0.5) is 5.69 Å². The molecule has 0 bridgehead atoms. The molecule has 0 saturated carbocycles. The van der Waals surface area contributed by atoms with Gasteiger partial charge in [-0.3, -0.25) is 14.6 Å². The summed E-state index contributed by atoms with van der Waals surface area (Å²) >= 11 is 0. The first kappa shape index (κ1) is 13.5. The van der Waals surface area contributed by atoms with Crippen molar-refractivity contribution >= 4 is 28.4 Å². The van der Waals surface area contributed by atoms with Crippen LogP contribution in [0, 0.1) is 6.92 Å². The Morgan fingerprint density at radius 2 is 2.24 bits per heavy atom. The van der Waals surface area contributed by atoms with Crippen molar-refractivity contribution < 1.29 is 9.59 Å². The Bertz CT molecular complexity index is 712. The number of carbonyl (C=O) groups is 2. The molecule has 1 saturated heterocycles. The maximum Gasteiger partial charge on any atom is 0.244 e. The summed E-state index contributed by atoms with van der Waals surface area (Å²) in [4.78, 5) is 29.6. The van der Waals surface area contributed by atoms with Crippen molar-refractivity contribution in [2.24, 2.45) is 0 Å². The molecule has 5 nitrogen and oxygen atoms in total. The minimum absolute atomic E-state index is 0.0561. The number of aromatic nitrogens is 1. The molecular weight excluding hydrogens is 266 g/mol. The van der Waals surface area contributed by atoms with Crippen molar-refractivity contribution in [3.05, 3.63) is 36.0 Å². The molecule has 1 aromatic carbocycles. The highest BCUT2D eigenvalue weighted by Gasteiger charge is 2.22. The lowest BCUT2D eigenvalue weighted by molar-refractivity contribution is -0.131. The summed E-state index contributed by atoms with van der Waals surface area (Å²) in [5.41, 5.74) is 2.69. The highest BCUT2D eigenvalue weighted by Crippen LogP contribution is 2.24. The maximum absolute atomic E-state index is 12.1. The first-order chi connectivity index (χ1) is 10.1. The maximum atomic E-state index is 12.1. The van der Waals surface area contributed by atoms with Gasteiger partial charge in [0.2, 0.25) is 11.8 Å². The summed E-state index contributed by atoms with van der Waals surface area (Å²) in [6.07, 6.45) is 3.12. The Labute approximate surface area is 123 Å². The first-order valence-electron chi connectivity index (χ1n) is 7.07. The SMILES string of the molecule is Cc1ccc(NC(=O)CN2CCCC2=O)c2cccnc12. The summed E-state index contributed by atoms with van der Waals surface area (Å²) in [6, 6.07) is 7.60. The van der Waals surface area contributed by atoms with Crippen LogP contribution in [0.15, 0.2) is 30.5 Å². The van der Waals surface area contributed by atoms with E-state index in [1.54, 1.807) is 11.1 Å². The second kappa shape index (κ2) is 5.52. The zero-order chi connectivity index (χ0) is 14.8. The third kappa shape index (κ3) is 2.72. The van der Waals surface area contributed by atoms with Gasteiger partial charge in [-0.2, -0.15) is 0 Å². The van der Waals surface area contributed by atoms with Gasteiger partial charge in [-0.1, -0.05) is 6.07 Å². The Balaban J connectivity index is 1.80. The van der Waals surface area contributed by atoms with Crippen LogP contribution in [0.25, 0.3) is 10.9 Å². The lowest BCUT2D eigenvalue weighted by Gasteiger charge is -2.16. The smallest absolute Gasteiger partial charge is 0.244 e. The van der Waals surface area contributed by atoms with Crippen molar-refractivity contribution in [3.63, 3.8) is 0 Å². The number of amides is 2. The van der Waals surface area contributed by atoms with Gasteiger partial charge in [-0.25, -0.2) is 0 Å². The fourth-order valence-corrected chi connectivity index (χ4v) is 2.66. The van der Waals surface area contributed by atoms with E-state index in [9.17, 15) is 9.59 Å². The average Bonchev–Trinajstić information content (AvgIpc) is 2.88. The van der Waals surface area contributed by atoms with Crippen LogP contribution in [0.1, 0.15) is 18.4 Å². The van der Waals surface area contributed by atoms with Crippen LogP contribution in [0.5, 0.6) is 0 Å². The van der Waals surface area contributed by atoms with Gasteiger partial charge in [0.25, 0.3) is 0 Å². The van der Waals surface area contributed by atoms with Gasteiger partial charge in [0.15, 0.2) is 0 Å². The third-order valence-corrected chi connectivity index (χ3v) is 3.75. The molecule has 3 rings (SSSR count). The van der Waals surface area contributed by atoms with Gasteiger partial charge >= 0.3 is 0 Å². The van der Waals surface area contributed by atoms with Crippen LogP contribution in [0.2, 0.25) is 0 Å². The standard InChI is InChI=1S/C16H17N3O2/c1-11-6-7-13(12-4-2-8-17-16(11)12)18-14(20)10-19-9-3-5-15(19)21/h2,4,6-8H,3,5,9-10H2,1H3,(H,18,20). The lowest BCUT2D eigenvalue weighted by Crippen LogP contribution is -2.34. The lowest BCUT2D eigenvalue weighted by atomic mass is 10.1. The van der Waals surface area contributed by atoms with Gasteiger partial charge in [0, 0.05) is 24.5 Å². The number of aryl methyl sites for hydroxylation is 1. The number of nitrogens with zero attached hydrogens (tertiary/aromatic N) is 2. The van der Waals surface area contributed by atoms with Gasteiger partial charge in [-0.15, -0.1) is 0 Å². The van der Waals surface area contributed by atoms with Gasteiger partial charge in [-0.05, 0) is 37.1 Å². The summed E-state index contributed by atoms with van der Waals surface area (Å²) in [5.74, 6) is -0.111. The summed E-state index contributed by atoms with van der Waals surface area (Å²) in [5, 5.41) is 3.80. The molecule has 0 atom stereocenters. The fourth-order valence-electron chi connectivity index (χ4n) is 2.66. The van der Waals surface area contributed by atoms with E-state index < -0.39 is 0 Å². The number of likely N-dealkylation sites (tertiary alicyclic amines) is 1. The molecule has 0 radical (unpaired) electrons. The molecule has 1 fully saturated rings. The van der Waals surface area contributed by atoms with E-state index in [1.807, 2.05) is 31.2 Å². The van der Waals surface area contributed by atoms with Crippen molar-refractivity contribution in [3.8, 4) is 0 Å². The second-order valence-corrected chi connectivity index (χ2v) is 5.30. The van der Waals surface area contributed by atoms with E-state index in [-0.39, 0.29) is 18.4 Å². The predicted octanol–water partition coefficient (Wildman–Crippen LogP) is 2.10. The fraction of sp³-hybridized carbons (Fsp3) is 0.312. The van der Waals surface area contributed by atoms with Crippen molar-refractivity contribution in [1.82, 2.24) is 9.88 Å². The number of hydrogen-bond acceptors (Lipinski definition) is 3. The molecule has 2 amide bonds. The Kier molecular flexibility index (Phi) is 3.56. The van der Waals surface area contributed by atoms with Crippen molar-refractivity contribution in [2.45, 2.75) is 19.8 Å². The molecule has 1 aliphatic heterocycles. The van der Waals surface area contributed by atoms with Gasteiger partial charge < -0.3 is 10.2 Å². The molecule has 0 unspecified atom stereocenters. The van der Waals surface area contributed by atoms with E-state index in [0.717, 1.165) is 28.6 Å². The monoisotopic (exact) mass is 283 g/mol. The molecule has 0 spiro atoms.